The molecule has 0 aliphatic heterocycles. The number of anilines is 1. The highest BCUT2D eigenvalue weighted by atomic mass is 16.2. The summed E-state index contributed by atoms with van der Waals surface area (Å²) in [5.74, 6) is 0.473. The van der Waals surface area contributed by atoms with Crippen LogP contribution in [0.2, 0.25) is 0 Å². The molecule has 3 rings (SSSR count). The minimum Gasteiger partial charge on any atom is -0.339 e. The number of hydrogen-bond acceptors (Lipinski definition) is 3. The maximum absolute atomic E-state index is 12.8. The number of carbonyl (C=O) groups excluding carboxylic acids is 2. The van der Waals surface area contributed by atoms with Crippen molar-refractivity contribution in [3.63, 3.8) is 0 Å². The van der Waals surface area contributed by atoms with Crippen LogP contribution in [-0.2, 0) is 17.8 Å². The van der Waals surface area contributed by atoms with Crippen LogP contribution in [0.25, 0.3) is 0 Å². The van der Waals surface area contributed by atoms with Crippen LogP contribution in [-0.4, -0.2) is 39.6 Å². The molecule has 1 fully saturated rings. The molecule has 2 aromatic rings. The lowest BCUT2D eigenvalue weighted by atomic mass is 9.94. The van der Waals surface area contributed by atoms with Gasteiger partial charge in [0, 0.05) is 42.1 Å². The van der Waals surface area contributed by atoms with Gasteiger partial charge in [0.05, 0.1) is 12.1 Å². The molecule has 0 atom stereocenters. The van der Waals surface area contributed by atoms with E-state index in [0.29, 0.717) is 29.6 Å². The fourth-order valence-corrected chi connectivity index (χ4v) is 4.41. The van der Waals surface area contributed by atoms with Crippen molar-refractivity contribution in [3.05, 3.63) is 46.8 Å². The number of carbonyl (C=O) groups is 2. The Morgan fingerprint density at radius 1 is 1.13 bits per heavy atom. The molecule has 1 aliphatic carbocycles. The van der Waals surface area contributed by atoms with E-state index in [1.54, 1.807) is 12.1 Å². The average molecular weight is 425 g/mol. The van der Waals surface area contributed by atoms with Crippen molar-refractivity contribution in [1.29, 1.82) is 0 Å². The van der Waals surface area contributed by atoms with Crippen LogP contribution in [0.4, 0.5) is 5.69 Å². The van der Waals surface area contributed by atoms with Gasteiger partial charge in [0.1, 0.15) is 0 Å². The Labute approximate surface area is 186 Å². The lowest BCUT2D eigenvalue weighted by Gasteiger charge is -2.31. The Kier molecular flexibility index (Phi) is 7.52. The quantitative estimate of drug-likeness (QED) is 0.698. The van der Waals surface area contributed by atoms with E-state index in [1.807, 2.05) is 42.6 Å². The molecule has 2 amide bonds. The second-order valence-corrected chi connectivity index (χ2v) is 9.24. The van der Waals surface area contributed by atoms with Gasteiger partial charge in [0.15, 0.2) is 0 Å². The summed E-state index contributed by atoms with van der Waals surface area (Å²) in [4.78, 5) is 27.3. The Morgan fingerprint density at radius 3 is 2.39 bits per heavy atom. The molecule has 0 spiro atoms. The van der Waals surface area contributed by atoms with Gasteiger partial charge in [-0.05, 0) is 56.9 Å². The molecule has 0 saturated heterocycles. The van der Waals surface area contributed by atoms with Crippen LogP contribution in [0.3, 0.4) is 0 Å². The zero-order valence-electron chi connectivity index (χ0n) is 19.6. The lowest BCUT2D eigenvalue weighted by Crippen LogP contribution is -2.38. The topological polar surface area (TPSA) is 67.2 Å². The predicted octanol–water partition coefficient (Wildman–Crippen LogP) is 4.74. The molecule has 31 heavy (non-hydrogen) atoms. The molecule has 1 N–H and O–H groups in total. The molecule has 0 unspecified atom stereocenters. The normalized spacial score (nSPS) is 14.6. The summed E-state index contributed by atoms with van der Waals surface area (Å²) in [5.41, 5.74) is 4.30. The first-order valence-corrected chi connectivity index (χ1v) is 11.5. The van der Waals surface area contributed by atoms with Gasteiger partial charge in [-0.1, -0.05) is 33.1 Å². The number of aromatic nitrogens is 2. The van der Waals surface area contributed by atoms with Crippen molar-refractivity contribution in [3.8, 4) is 0 Å². The summed E-state index contributed by atoms with van der Waals surface area (Å²) < 4.78 is 1.99. The molecule has 168 valence electrons. The van der Waals surface area contributed by atoms with Crippen LogP contribution in [0.15, 0.2) is 24.3 Å². The molecule has 1 saturated carbocycles. The molecule has 0 radical (unpaired) electrons. The number of nitrogens with one attached hydrogen (secondary N) is 1. The molecule has 6 nitrogen and oxygen atoms in total. The van der Waals surface area contributed by atoms with Crippen LogP contribution in [0.5, 0.6) is 0 Å². The maximum Gasteiger partial charge on any atom is 0.253 e. The fraction of sp³-hybridized carbons (Fsp3) is 0.560. The summed E-state index contributed by atoms with van der Waals surface area (Å²) in [6.07, 6.45) is 6.13. The van der Waals surface area contributed by atoms with Crippen LogP contribution < -0.4 is 5.32 Å². The largest absolute Gasteiger partial charge is 0.339 e. The molecule has 1 heterocycles. The van der Waals surface area contributed by atoms with Crippen molar-refractivity contribution >= 4 is 17.5 Å². The third-order valence-electron chi connectivity index (χ3n) is 6.27. The maximum atomic E-state index is 12.8. The molecule has 0 bridgehead atoms. The van der Waals surface area contributed by atoms with E-state index in [4.69, 9.17) is 0 Å². The molecule has 1 aliphatic rings. The smallest absolute Gasteiger partial charge is 0.253 e. The number of hydrogen-bond donors (Lipinski definition) is 1. The van der Waals surface area contributed by atoms with Crippen LogP contribution in [0, 0.1) is 19.8 Å². The van der Waals surface area contributed by atoms with Gasteiger partial charge in [0.25, 0.3) is 5.91 Å². The first kappa shape index (κ1) is 23.0. The van der Waals surface area contributed by atoms with Crippen LogP contribution >= 0.6 is 0 Å². The summed E-state index contributed by atoms with van der Waals surface area (Å²) >= 11 is 0. The van der Waals surface area contributed by atoms with E-state index in [9.17, 15) is 9.59 Å². The SMILES string of the molecule is Cc1nn(CC(C)C)c(C)c1CC(=O)Nc1ccc(C(=O)N(C)C2CCCCC2)cc1. The lowest BCUT2D eigenvalue weighted by molar-refractivity contribution is -0.115. The van der Waals surface area contributed by atoms with Gasteiger partial charge < -0.3 is 10.2 Å². The number of amides is 2. The third kappa shape index (κ3) is 5.75. The van der Waals surface area contributed by atoms with E-state index in [0.717, 1.165) is 36.3 Å². The van der Waals surface area contributed by atoms with E-state index in [2.05, 4.69) is 24.3 Å². The highest BCUT2D eigenvalue weighted by Crippen LogP contribution is 2.23. The van der Waals surface area contributed by atoms with Gasteiger partial charge in [0.2, 0.25) is 5.91 Å². The Balaban J connectivity index is 1.60. The summed E-state index contributed by atoms with van der Waals surface area (Å²) in [5, 5.41) is 7.54. The van der Waals surface area contributed by atoms with Crippen LogP contribution in [0.1, 0.15) is 73.3 Å². The molecule has 1 aromatic carbocycles. The standard InChI is InChI=1S/C25H36N4O2/c1-17(2)16-29-19(4)23(18(3)27-29)15-24(30)26-21-13-11-20(12-14-21)25(31)28(5)22-9-7-6-8-10-22/h11-14,17,22H,6-10,15-16H2,1-5H3,(H,26,30). The molecule has 6 heteroatoms. The second-order valence-electron chi connectivity index (χ2n) is 9.24. The van der Waals surface area contributed by atoms with E-state index in [1.165, 1.54) is 19.3 Å². The van der Waals surface area contributed by atoms with Crippen molar-refractivity contribution in [1.82, 2.24) is 14.7 Å². The highest BCUT2D eigenvalue weighted by Gasteiger charge is 2.23. The second kappa shape index (κ2) is 10.1. The number of benzene rings is 1. The summed E-state index contributed by atoms with van der Waals surface area (Å²) in [6, 6.07) is 7.55. The van der Waals surface area contributed by atoms with E-state index in [-0.39, 0.29) is 11.8 Å². The molecule has 1 aromatic heterocycles. The number of aryl methyl sites for hydroxylation is 1. The zero-order valence-corrected chi connectivity index (χ0v) is 19.6. The van der Waals surface area contributed by atoms with Crippen molar-refractivity contribution < 1.29 is 9.59 Å². The van der Waals surface area contributed by atoms with Crippen molar-refractivity contribution in [2.45, 2.75) is 78.8 Å². The van der Waals surface area contributed by atoms with Gasteiger partial charge >= 0.3 is 0 Å². The van der Waals surface area contributed by atoms with E-state index >= 15 is 0 Å². The predicted molar refractivity (Wildman–Crippen MR) is 124 cm³/mol. The van der Waals surface area contributed by atoms with Crippen molar-refractivity contribution in [2.75, 3.05) is 12.4 Å². The fourth-order valence-electron chi connectivity index (χ4n) is 4.41. The van der Waals surface area contributed by atoms with Crippen molar-refractivity contribution in [2.24, 2.45) is 5.92 Å². The molecular weight excluding hydrogens is 388 g/mol. The van der Waals surface area contributed by atoms with Gasteiger partial charge in [-0.25, -0.2) is 0 Å². The minimum absolute atomic E-state index is 0.0496. The molecular formula is C25H36N4O2. The Morgan fingerprint density at radius 2 is 1.77 bits per heavy atom. The first-order chi connectivity index (χ1) is 14.8. The van der Waals surface area contributed by atoms with E-state index < -0.39 is 0 Å². The monoisotopic (exact) mass is 424 g/mol. The highest BCUT2D eigenvalue weighted by molar-refractivity contribution is 5.96. The summed E-state index contributed by atoms with van der Waals surface area (Å²) in [7, 11) is 1.90. The Bertz CT molecular complexity index is 908. The third-order valence-corrected chi connectivity index (χ3v) is 6.27. The average Bonchev–Trinajstić information content (AvgIpc) is 3.00. The van der Waals surface area contributed by atoms with Gasteiger partial charge in [-0.2, -0.15) is 5.10 Å². The number of nitrogens with zero attached hydrogens (tertiary/aromatic N) is 3. The summed E-state index contributed by atoms with van der Waals surface area (Å²) in [6.45, 7) is 9.14. The van der Waals surface area contributed by atoms with Gasteiger partial charge in [-0.15, -0.1) is 0 Å². The first-order valence-electron chi connectivity index (χ1n) is 11.5. The van der Waals surface area contributed by atoms with Gasteiger partial charge in [-0.3, -0.25) is 14.3 Å². The number of rotatable bonds is 7. The zero-order chi connectivity index (χ0) is 22.5. The Hall–Kier alpha value is -2.63. The minimum atomic E-state index is -0.0753.